The molecule has 28 heavy (non-hydrogen) atoms. The first-order valence-corrected chi connectivity index (χ1v) is 8.13. The molecule has 0 aromatic heterocycles. The van der Waals surface area contributed by atoms with Gasteiger partial charge < -0.3 is 39.1 Å². The van der Waals surface area contributed by atoms with Crippen molar-refractivity contribution in [3.8, 4) is 0 Å². The Bertz CT molecular complexity index is 459. The van der Waals surface area contributed by atoms with Gasteiger partial charge in [-0.2, -0.15) is 12.0 Å². The second kappa shape index (κ2) is 19.3. The molecule has 7 N–H and O–H groups in total. The summed E-state index contributed by atoms with van der Waals surface area (Å²) in [6.45, 7) is 7.05. The molecule has 1 aliphatic rings. The van der Waals surface area contributed by atoms with Crippen LogP contribution in [0.5, 0.6) is 0 Å². The normalized spacial score (nSPS) is 18.4. The molecule has 1 unspecified atom stereocenters. The molecular formula is C16H30ClN3O7Pt. The molecule has 0 aromatic carbocycles. The van der Waals surface area contributed by atoms with Gasteiger partial charge in [0, 0.05) is 0 Å². The fraction of sp³-hybridized carbons (Fsp3) is 0.688. The molecule has 12 heteroatoms. The SMILES string of the molecule is CCOC(=O)C(N)C(C)=O.Cl.NC(C(=O)O)C(=O)O.[CH2-][C@@H]1CCCC[C@H]1[NH-].[Pt+2]. The van der Waals surface area contributed by atoms with Gasteiger partial charge in [0.2, 0.25) is 6.04 Å². The van der Waals surface area contributed by atoms with Gasteiger partial charge in [-0.1, -0.05) is 25.7 Å². The molecule has 168 valence electrons. The minimum atomic E-state index is -1.80. The van der Waals surface area contributed by atoms with Crippen LogP contribution in [-0.2, 0) is 45.0 Å². The predicted octanol–water partition coefficient (Wildman–Crippen LogP) is 0.799. The van der Waals surface area contributed by atoms with E-state index >= 15 is 0 Å². The summed E-state index contributed by atoms with van der Waals surface area (Å²) in [5, 5.41) is 15.7. The summed E-state index contributed by atoms with van der Waals surface area (Å²) in [5.41, 5.74) is 17.1. The van der Waals surface area contributed by atoms with E-state index < -0.39 is 30.0 Å². The van der Waals surface area contributed by atoms with Crippen molar-refractivity contribution in [3.63, 3.8) is 0 Å². The van der Waals surface area contributed by atoms with Crippen molar-refractivity contribution in [3.05, 3.63) is 12.7 Å². The van der Waals surface area contributed by atoms with Gasteiger partial charge in [0.05, 0.1) is 6.61 Å². The third kappa shape index (κ3) is 17.1. The van der Waals surface area contributed by atoms with E-state index in [1.807, 2.05) is 0 Å². The summed E-state index contributed by atoms with van der Waals surface area (Å²) in [6, 6.07) is -2.77. The maximum atomic E-state index is 10.6. The summed E-state index contributed by atoms with van der Waals surface area (Å²) < 4.78 is 4.48. The van der Waals surface area contributed by atoms with E-state index in [1.54, 1.807) is 6.92 Å². The van der Waals surface area contributed by atoms with Gasteiger partial charge in [-0.25, -0.2) is 14.4 Å². The minimum absolute atomic E-state index is 0. The molecule has 0 bridgehead atoms. The Labute approximate surface area is 185 Å². The van der Waals surface area contributed by atoms with E-state index in [0.717, 1.165) is 6.42 Å². The number of esters is 1. The topological polar surface area (TPSA) is 194 Å². The minimum Gasteiger partial charge on any atom is -0.677 e. The smallest absolute Gasteiger partial charge is 0.677 e. The monoisotopic (exact) mass is 606 g/mol. The van der Waals surface area contributed by atoms with Crippen LogP contribution in [0.25, 0.3) is 5.73 Å². The van der Waals surface area contributed by atoms with Gasteiger partial charge in [-0.05, 0) is 13.8 Å². The number of hydrogen-bond donors (Lipinski definition) is 4. The number of Topliss-reactive ketones (excluding diaryl/α,β-unsaturated/α-hetero) is 1. The van der Waals surface area contributed by atoms with E-state index in [1.165, 1.54) is 26.2 Å². The van der Waals surface area contributed by atoms with Crippen LogP contribution in [0.2, 0.25) is 0 Å². The van der Waals surface area contributed by atoms with Crippen molar-refractivity contribution in [1.29, 1.82) is 0 Å². The molecule has 0 saturated heterocycles. The maximum absolute atomic E-state index is 10.6. The average molecular weight is 607 g/mol. The number of nitrogens with one attached hydrogen (secondary N) is 1. The maximum Gasteiger partial charge on any atom is 2.00 e. The molecule has 1 fully saturated rings. The molecule has 0 heterocycles. The van der Waals surface area contributed by atoms with Crippen LogP contribution in [-0.4, -0.2) is 58.6 Å². The average Bonchev–Trinajstić information content (AvgIpc) is 2.57. The number of carbonyl (C=O) groups is 4. The fourth-order valence-electron chi connectivity index (χ4n) is 1.71. The zero-order chi connectivity index (χ0) is 20.9. The molecule has 10 nitrogen and oxygen atoms in total. The van der Waals surface area contributed by atoms with Crippen LogP contribution >= 0.6 is 12.4 Å². The molecule has 1 saturated carbocycles. The van der Waals surface area contributed by atoms with Crippen molar-refractivity contribution in [2.45, 2.75) is 57.7 Å². The van der Waals surface area contributed by atoms with E-state index in [-0.39, 0.29) is 51.9 Å². The quantitative estimate of drug-likeness (QED) is 0.199. The molecule has 1 aliphatic carbocycles. The third-order valence-electron chi connectivity index (χ3n) is 3.42. The van der Waals surface area contributed by atoms with Crippen LogP contribution < -0.4 is 11.5 Å². The standard InChI is InChI=1S/C7H13N.C6H11NO3.C3H5NO4.ClH.Pt/c1-6-4-2-3-5-7(6)8;1-3-10-6(9)5(7)4(2)8;4-1(2(5)6)3(7)8;;/h6-8H,1-5H2;5H,3,7H2,1-2H3;1H,4H2,(H,5,6)(H,7,8);1H;/q-2;;;;+2/t6-,7-;;;;/m1..../s1. The van der Waals surface area contributed by atoms with Gasteiger partial charge in [-0.15, -0.1) is 12.4 Å². The summed E-state index contributed by atoms with van der Waals surface area (Å²) in [6.07, 6.45) is 4.80. The first-order chi connectivity index (χ1) is 11.9. The summed E-state index contributed by atoms with van der Waals surface area (Å²) in [7, 11) is 0. The molecule has 0 radical (unpaired) electrons. The summed E-state index contributed by atoms with van der Waals surface area (Å²) in [5.74, 6) is -3.67. The van der Waals surface area contributed by atoms with Crippen LogP contribution in [0, 0.1) is 12.8 Å². The summed E-state index contributed by atoms with van der Waals surface area (Å²) in [4.78, 5) is 40.3. The van der Waals surface area contributed by atoms with Gasteiger partial charge in [0.1, 0.15) is 0 Å². The Morgan fingerprint density at radius 1 is 1.11 bits per heavy atom. The van der Waals surface area contributed by atoms with Crippen molar-refractivity contribution in [2.75, 3.05) is 6.61 Å². The van der Waals surface area contributed by atoms with Crippen LogP contribution in [0.4, 0.5) is 0 Å². The largest absolute Gasteiger partial charge is 2.00 e. The number of ether oxygens (including phenoxy) is 1. The van der Waals surface area contributed by atoms with Crippen molar-refractivity contribution in [1.82, 2.24) is 0 Å². The first kappa shape index (κ1) is 34.4. The van der Waals surface area contributed by atoms with Gasteiger partial charge >= 0.3 is 39.0 Å². The van der Waals surface area contributed by atoms with E-state index in [4.69, 9.17) is 21.7 Å². The Hall–Kier alpha value is -1.06. The number of ketones is 1. The molecule has 0 amide bonds. The van der Waals surface area contributed by atoms with Gasteiger partial charge in [0.25, 0.3) is 0 Å². The number of rotatable bonds is 5. The number of hydrogen-bond acceptors (Lipinski definition) is 7. The van der Waals surface area contributed by atoms with Crippen molar-refractivity contribution >= 4 is 36.1 Å². The Morgan fingerprint density at radius 2 is 1.54 bits per heavy atom. The Kier molecular flexibility index (Phi) is 23.7. The number of aliphatic carboxylic acids is 2. The Balaban J connectivity index is -0.000000150. The summed E-state index contributed by atoms with van der Waals surface area (Å²) >= 11 is 0. The number of carboxylic acid groups (broad SMARTS) is 2. The molecule has 0 spiro atoms. The second-order valence-electron chi connectivity index (χ2n) is 5.65. The second-order valence-corrected chi connectivity index (χ2v) is 5.65. The first-order valence-electron chi connectivity index (χ1n) is 8.13. The molecule has 3 atom stereocenters. The van der Waals surface area contributed by atoms with Crippen molar-refractivity contribution in [2.24, 2.45) is 17.4 Å². The number of halogens is 1. The molecular weight excluding hydrogens is 577 g/mol. The number of carbonyl (C=O) groups excluding carboxylic acids is 2. The molecule has 1 rings (SSSR count). The molecule has 0 aromatic rings. The Morgan fingerprint density at radius 3 is 1.75 bits per heavy atom. The zero-order valence-corrected chi connectivity index (χ0v) is 19.0. The van der Waals surface area contributed by atoms with Gasteiger partial charge in [0.15, 0.2) is 11.8 Å². The fourth-order valence-corrected chi connectivity index (χ4v) is 1.71. The predicted molar refractivity (Wildman–Crippen MR) is 101 cm³/mol. The van der Waals surface area contributed by atoms with Crippen LogP contribution in [0.15, 0.2) is 0 Å². The van der Waals surface area contributed by atoms with Crippen molar-refractivity contribution < 1.29 is 55.2 Å². The zero-order valence-electron chi connectivity index (χ0n) is 15.9. The van der Waals surface area contributed by atoms with Crippen LogP contribution in [0.1, 0.15) is 39.5 Å². The number of carboxylic acids is 2. The van der Waals surface area contributed by atoms with E-state index in [0.29, 0.717) is 5.92 Å². The van der Waals surface area contributed by atoms with Crippen LogP contribution in [0.3, 0.4) is 0 Å². The van der Waals surface area contributed by atoms with Gasteiger partial charge in [-0.3, -0.25) is 4.79 Å². The van der Waals surface area contributed by atoms with E-state index in [9.17, 15) is 19.2 Å². The molecule has 0 aliphatic heterocycles. The number of nitrogens with two attached hydrogens (primary N) is 2. The van der Waals surface area contributed by atoms with E-state index in [2.05, 4.69) is 17.4 Å². The third-order valence-corrected chi connectivity index (χ3v) is 3.42.